The van der Waals surface area contributed by atoms with Gasteiger partial charge in [-0.05, 0) is 18.4 Å². The predicted octanol–water partition coefficient (Wildman–Crippen LogP) is 0.0581. The molecule has 2 atom stereocenters. The van der Waals surface area contributed by atoms with Crippen molar-refractivity contribution in [3.05, 3.63) is 33.7 Å². The van der Waals surface area contributed by atoms with E-state index in [1.165, 1.54) is 14.2 Å². The summed E-state index contributed by atoms with van der Waals surface area (Å²) in [5, 5.41) is 16.5. The number of fused-ring (bicyclic) bond motifs is 1. The predicted molar refractivity (Wildman–Crippen MR) is 113 cm³/mol. The van der Waals surface area contributed by atoms with Crippen LogP contribution in [0, 0.1) is 12.8 Å². The van der Waals surface area contributed by atoms with Crippen molar-refractivity contribution >= 4 is 28.8 Å². The Kier molecular flexibility index (Phi) is 8.22. The van der Waals surface area contributed by atoms with Crippen LogP contribution in [0.5, 0.6) is 11.5 Å². The number of ether oxygens (including phenoxy) is 2. The minimum Gasteiger partial charge on any atom is -0.548 e. The van der Waals surface area contributed by atoms with Gasteiger partial charge in [-0.3, -0.25) is 9.59 Å². The van der Waals surface area contributed by atoms with E-state index in [2.05, 4.69) is 10.6 Å². The van der Waals surface area contributed by atoms with Gasteiger partial charge in [0.2, 0.25) is 11.8 Å². The minimum absolute atomic E-state index is 0.117. The van der Waals surface area contributed by atoms with Gasteiger partial charge in [0.1, 0.15) is 17.1 Å². The van der Waals surface area contributed by atoms with Gasteiger partial charge in [0.25, 0.3) is 0 Å². The number of nitrogens with one attached hydrogen (secondary N) is 2. The average Bonchev–Trinajstić information content (AvgIpc) is 2.76. The number of carbonyl (C=O) groups is 3. The minimum atomic E-state index is -1.39. The highest BCUT2D eigenvalue weighted by molar-refractivity contribution is 5.91. The summed E-state index contributed by atoms with van der Waals surface area (Å²) in [5.74, 6) is -2.15. The van der Waals surface area contributed by atoms with Crippen LogP contribution in [0.1, 0.15) is 31.4 Å². The third-order valence-electron chi connectivity index (χ3n) is 5.34. The molecule has 2 amide bonds. The van der Waals surface area contributed by atoms with Crippen molar-refractivity contribution < 1.29 is 33.4 Å². The van der Waals surface area contributed by atoms with Crippen molar-refractivity contribution in [1.29, 1.82) is 0 Å². The standard InChI is InChI=1S/C22H28N2O8/c1-6-11(2)20(21(27)28)24-18(26)10-23-17(25)9-14-12(3)19-15(31-5)7-13(30-4)8-16(19)32-22(14)29/h7-8,11,20H,6,9-10H2,1-5H3,(H,23,25)(H,24,26)(H,27,28)/p-1/t11-,20+/m1/s1. The van der Waals surface area contributed by atoms with Crippen LogP contribution in [0.3, 0.4) is 0 Å². The Morgan fingerprint density at radius 2 is 1.84 bits per heavy atom. The first-order valence-corrected chi connectivity index (χ1v) is 10.1. The average molecular weight is 447 g/mol. The van der Waals surface area contributed by atoms with Crippen molar-refractivity contribution in [2.45, 2.75) is 39.7 Å². The molecule has 10 nitrogen and oxygen atoms in total. The number of carbonyl (C=O) groups excluding carboxylic acids is 3. The summed E-state index contributed by atoms with van der Waals surface area (Å²) in [6.45, 7) is 4.68. The van der Waals surface area contributed by atoms with Crippen molar-refractivity contribution in [3.8, 4) is 11.5 Å². The van der Waals surface area contributed by atoms with E-state index in [1.807, 2.05) is 0 Å². The summed E-state index contributed by atoms with van der Waals surface area (Å²) in [5.41, 5.74) is 0.180. The fourth-order valence-corrected chi connectivity index (χ4v) is 3.26. The monoisotopic (exact) mass is 447 g/mol. The first-order valence-electron chi connectivity index (χ1n) is 10.1. The zero-order valence-corrected chi connectivity index (χ0v) is 18.7. The first-order chi connectivity index (χ1) is 15.1. The van der Waals surface area contributed by atoms with E-state index in [1.54, 1.807) is 32.9 Å². The Hall–Kier alpha value is -3.56. The summed E-state index contributed by atoms with van der Waals surface area (Å²) in [6.07, 6.45) is 0.194. The van der Waals surface area contributed by atoms with E-state index >= 15 is 0 Å². The molecule has 0 fully saturated rings. The van der Waals surface area contributed by atoms with Crippen LogP contribution in [-0.2, 0) is 20.8 Å². The molecular weight excluding hydrogens is 420 g/mol. The number of methoxy groups -OCH3 is 2. The molecule has 0 aliphatic rings. The molecule has 1 aromatic carbocycles. The molecule has 0 aliphatic carbocycles. The molecule has 1 heterocycles. The lowest BCUT2D eigenvalue weighted by atomic mass is 9.99. The lowest BCUT2D eigenvalue weighted by Crippen LogP contribution is -2.53. The third-order valence-corrected chi connectivity index (χ3v) is 5.34. The van der Waals surface area contributed by atoms with Crippen LogP contribution in [0.2, 0.25) is 0 Å². The molecule has 0 spiro atoms. The fourth-order valence-electron chi connectivity index (χ4n) is 3.26. The van der Waals surface area contributed by atoms with E-state index in [-0.39, 0.29) is 23.5 Å². The molecule has 0 unspecified atom stereocenters. The largest absolute Gasteiger partial charge is 0.548 e. The first kappa shape index (κ1) is 24.7. The molecule has 0 aliphatic heterocycles. The van der Waals surface area contributed by atoms with Crippen LogP contribution in [0.4, 0.5) is 0 Å². The van der Waals surface area contributed by atoms with Crippen molar-refractivity contribution in [3.63, 3.8) is 0 Å². The topological polar surface area (TPSA) is 147 Å². The Morgan fingerprint density at radius 3 is 2.41 bits per heavy atom. The Labute approximate surface area is 184 Å². The van der Waals surface area contributed by atoms with Gasteiger partial charge in [0, 0.05) is 12.1 Å². The number of rotatable bonds is 10. The van der Waals surface area contributed by atoms with E-state index in [0.717, 1.165) is 0 Å². The maximum Gasteiger partial charge on any atom is 0.340 e. The van der Waals surface area contributed by atoms with Gasteiger partial charge in [0.15, 0.2) is 0 Å². The smallest absolute Gasteiger partial charge is 0.340 e. The molecule has 32 heavy (non-hydrogen) atoms. The normalized spacial score (nSPS) is 12.7. The van der Waals surface area contributed by atoms with Gasteiger partial charge in [-0.1, -0.05) is 20.3 Å². The van der Waals surface area contributed by atoms with E-state index in [0.29, 0.717) is 28.9 Å². The van der Waals surface area contributed by atoms with Crippen molar-refractivity contribution in [1.82, 2.24) is 10.6 Å². The van der Waals surface area contributed by atoms with Crippen LogP contribution in [0.15, 0.2) is 21.3 Å². The highest BCUT2D eigenvalue weighted by atomic mass is 16.5. The zero-order valence-electron chi connectivity index (χ0n) is 18.7. The van der Waals surface area contributed by atoms with Gasteiger partial charge in [0.05, 0.1) is 50.1 Å². The Bertz CT molecular complexity index is 1080. The maximum atomic E-state index is 12.5. The third kappa shape index (κ3) is 5.57. The van der Waals surface area contributed by atoms with E-state index in [4.69, 9.17) is 13.9 Å². The summed E-state index contributed by atoms with van der Waals surface area (Å²) in [7, 11) is 2.93. The Morgan fingerprint density at radius 1 is 1.16 bits per heavy atom. The number of carboxylic acid groups (broad SMARTS) is 1. The molecule has 0 radical (unpaired) electrons. The molecule has 0 saturated heterocycles. The molecular formula is C22H27N2O8-. The van der Waals surface area contributed by atoms with Gasteiger partial charge < -0.3 is 34.4 Å². The zero-order chi connectivity index (χ0) is 24.0. The summed E-state index contributed by atoms with van der Waals surface area (Å²) in [4.78, 5) is 48.1. The summed E-state index contributed by atoms with van der Waals surface area (Å²) in [6, 6.07) is 2.02. The van der Waals surface area contributed by atoms with Gasteiger partial charge >= 0.3 is 5.63 Å². The molecule has 2 aromatic rings. The molecule has 10 heteroatoms. The van der Waals surface area contributed by atoms with Gasteiger partial charge in [-0.2, -0.15) is 0 Å². The highest BCUT2D eigenvalue weighted by Crippen LogP contribution is 2.33. The van der Waals surface area contributed by atoms with Gasteiger partial charge in [-0.25, -0.2) is 4.79 Å². The molecule has 1 aromatic heterocycles. The molecule has 0 saturated carbocycles. The van der Waals surface area contributed by atoms with Crippen LogP contribution in [0.25, 0.3) is 11.0 Å². The summed E-state index contributed by atoms with van der Waals surface area (Å²) < 4.78 is 15.9. The number of hydrogen-bond acceptors (Lipinski definition) is 8. The number of amides is 2. The number of aryl methyl sites for hydroxylation is 1. The van der Waals surface area contributed by atoms with Crippen molar-refractivity contribution in [2.75, 3.05) is 20.8 Å². The van der Waals surface area contributed by atoms with Gasteiger partial charge in [-0.15, -0.1) is 0 Å². The fraction of sp³-hybridized carbons (Fsp3) is 0.455. The quantitative estimate of drug-likeness (QED) is 0.486. The van der Waals surface area contributed by atoms with Crippen LogP contribution < -0.4 is 30.8 Å². The molecule has 2 rings (SSSR count). The number of hydrogen-bond donors (Lipinski definition) is 2. The molecule has 0 bridgehead atoms. The highest BCUT2D eigenvalue weighted by Gasteiger charge is 2.21. The maximum absolute atomic E-state index is 12.5. The second-order valence-electron chi connectivity index (χ2n) is 7.40. The molecule has 2 N–H and O–H groups in total. The number of aliphatic carboxylic acids is 1. The summed E-state index contributed by atoms with van der Waals surface area (Å²) >= 11 is 0. The van der Waals surface area contributed by atoms with Crippen LogP contribution in [-0.4, -0.2) is 44.6 Å². The molecule has 174 valence electrons. The van der Waals surface area contributed by atoms with E-state index < -0.39 is 36.0 Å². The second kappa shape index (κ2) is 10.7. The van der Waals surface area contributed by atoms with Crippen LogP contribution >= 0.6 is 0 Å². The number of carboxylic acids is 1. The lowest BCUT2D eigenvalue weighted by molar-refractivity contribution is -0.309. The SMILES string of the molecule is CC[C@@H](C)[C@H](NC(=O)CNC(=O)Cc1c(C)c2c(OC)cc(OC)cc2oc1=O)C(=O)[O-]. The van der Waals surface area contributed by atoms with Crippen molar-refractivity contribution in [2.24, 2.45) is 5.92 Å². The van der Waals surface area contributed by atoms with E-state index in [9.17, 15) is 24.3 Å². The second-order valence-corrected chi connectivity index (χ2v) is 7.40. The Balaban J connectivity index is 2.16. The lowest BCUT2D eigenvalue weighted by Gasteiger charge is -2.25. The number of benzene rings is 1.